The Morgan fingerprint density at radius 1 is 1.71 bits per heavy atom. The molecule has 1 unspecified atom stereocenters. The highest BCUT2D eigenvalue weighted by molar-refractivity contribution is 7.88. The van der Waals surface area contributed by atoms with Gasteiger partial charge in [-0.05, 0) is 19.4 Å². The summed E-state index contributed by atoms with van der Waals surface area (Å²) in [6.07, 6.45) is 1.75. The van der Waals surface area contributed by atoms with Crippen molar-refractivity contribution in [1.29, 1.82) is 5.26 Å². The molecule has 5 nitrogen and oxygen atoms in total. The van der Waals surface area contributed by atoms with E-state index in [4.69, 9.17) is 9.81 Å². The molecule has 0 radical (unpaired) electrons. The van der Waals surface area contributed by atoms with Crippen molar-refractivity contribution in [3.05, 3.63) is 0 Å². The maximum Gasteiger partial charge on any atom is 0.175 e. The van der Waals surface area contributed by atoms with E-state index in [0.29, 0.717) is 12.3 Å². The molecule has 1 rings (SSSR count). The lowest BCUT2D eigenvalue weighted by atomic mass is 10.00. The zero-order valence-electron chi connectivity index (χ0n) is 8.14. The summed E-state index contributed by atoms with van der Waals surface area (Å²) in [5.41, 5.74) is 2.74. The second kappa shape index (κ2) is 6.22. The maximum absolute atomic E-state index is 8.87. The van der Waals surface area contributed by atoms with Crippen molar-refractivity contribution in [3.8, 4) is 6.07 Å². The zero-order chi connectivity index (χ0) is 10.4. The van der Waals surface area contributed by atoms with E-state index >= 15 is 0 Å². The van der Waals surface area contributed by atoms with Crippen molar-refractivity contribution in [2.24, 2.45) is 0 Å². The van der Waals surface area contributed by atoms with Crippen LogP contribution >= 0.6 is 12.3 Å². The van der Waals surface area contributed by atoms with Crippen molar-refractivity contribution in [2.45, 2.75) is 31.8 Å². The van der Waals surface area contributed by atoms with Gasteiger partial charge in [0, 0.05) is 12.6 Å². The Kier molecular flexibility index (Phi) is 5.22. The number of nitrogens with one attached hydrogen (secondary N) is 1. The van der Waals surface area contributed by atoms with Crippen LogP contribution in [-0.4, -0.2) is 34.6 Å². The summed E-state index contributed by atoms with van der Waals surface area (Å²) < 4.78 is 13.0. The molecule has 1 aliphatic heterocycles. The number of piperidine rings is 1. The van der Waals surface area contributed by atoms with Crippen LogP contribution in [0.1, 0.15) is 19.8 Å². The van der Waals surface area contributed by atoms with E-state index in [2.05, 4.69) is 20.7 Å². The highest BCUT2D eigenvalue weighted by atomic mass is 32.2. The molecule has 0 spiro atoms. The van der Waals surface area contributed by atoms with Crippen LogP contribution in [0.3, 0.4) is 0 Å². The molecular weight excluding hydrogens is 202 g/mol. The lowest BCUT2D eigenvalue weighted by Crippen LogP contribution is -2.49. The third-order valence-corrected chi connectivity index (χ3v) is 2.66. The van der Waals surface area contributed by atoms with Gasteiger partial charge >= 0.3 is 0 Å². The number of nitrogens with zero attached hydrogens (tertiary/aromatic N) is 2. The topological polar surface area (TPSA) is 68.5 Å². The van der Waals surface area contributed by atoms with Gasteiger partial charge in [-0.1, -0.05) is 6.92 Å². The summed E-state index contributed by atoms with van der Waals surface area (Å²) in [7, 11) is 0. The summed E-state index contributed by atoms with van der Waals surface area (Å²) in [4.78, 5) is 2.10. The smallest absolute Gasteiger partial charge is 0.175 e. The van der Waals surface area contributed by atoms with Crippen LogP contribution in [0.15, 0.2) is 0 Å². The van der Waals surface area contributed by atoms with Crippen molar-refractivity contribution in [3.63, 3.8) is 0 Å². The predicted molar refractivity (Wildman–Crippen MR) is 54.1 cm³/mol. The van der Waals surface area contributed by atoms with Crippen molar-refractivity contribution >= 4 is 12.3 Å². The molecule has 0 aliphatic carbocycles. The quantitative estimate of drug-likeness (QED) is 0.541. The lowest BCUT2D eigenvalue weighted by molar-refractivity contribution is 0.0913. The fourth-order valence-electron chi connectivity index (χ4n) is 1.72. The van der Waals surface area contributed by atoms with E-state index < -0.39 is 0 Å². The van der Waals surface area contributed by atoms with Crippen LogP contribution < -0.4 is 5.48 Å². The lowest BCUT2D eigenvalue weighted by Gasteiger charge is -2.35. The normalized spacial score (nSPS) is 28.6. The third kappa shape index (κ3) is 3.12. The van der Waals surface area contributed by atoms with E-state index in [0.717, 1.165) is 25.9 Å². The Bertz CT molecular complexity index is 209. The average molecular weight is 217 g/mol. The first-order valence-electron chi connectivity index (χ1n) is 4.68. The number of rotatable bonds is 4. The molecule has 1 fully saturated rings. The molecule has 0 aromatic carbocycles. The highest BCUT2D eigenvalue weighted by Gasteiger charge is 2.26. The van der Waals surface area contributed by atoms with E-state index in [-0.39, 0.29) is 12.1 Å². The monoisotopic (exact) mass is 217 g/mol. The first-order chi connectivity index (χ1) is 6.81. The van der Waals surface area contributed by atoms with Crippen LogP contribution in [-0.2, 0) is 4.28 Å². The van der Waals surface area contributed by atoms with E-state index in [1.54, 1.807) is 0 Å². The van der Waals surface area contributed by atoms with Crippen LogP contribution in [0.25, 0.3) is 0 Å². The Morgan fingerprint density at radius 2 is 2.50 bits per heavy atom. The number of nitriles is 1. The SMILES string of the molecule is CCN1CC(NOSO)CC[C@H]1C#N. The van der Waals surface area contributed by atoms with Crippen LogP contribution in [0.2, 0.25) is 0 Å². The van der Waals surface area contributed by atoms with Gasteiger partial charge in [-0.2, -0.15) is 10.7 Å². The molecule has 0 aromatic rings. The van der Waals surface area contributed by atoms with E-state index in [1.165, 1.54) is 0 Å². The molecule has 0 amide bonds. The fourth-order valence-corrected chi connectivity index (χ4v) is 1.90. The first kappa shape index (κ1) is 11.8. The Labute approximate surface area is 88.4 Å². The summed E-state index contributed by atoms with van der Waals surface area (Å²) in [5.74, 6) is 0. The zero-order valence-corrected chi connectivity index (χ0v) is 8.96. The Morgan fingerprint density at radius 3 is 3.07 bits per heavy atom. The second-order valence-corrected chi connectivity index (χ2v) is 3.60. The number of hydrogen-bond acceptors (Lipinski definition) is 6. The van der Waals surface area contributed by atoms with Crippen molar-refractivity contribution in [1.82, 2.24) is 10.4 Å². The van der Waals surface area contributed by atoms with Gasteiger partial charge in [0.25, 0.3) is 0 Å². The predicted octanol–water partition coefficient (Wildman–Crippen LogP) is 1.01. The largest absolute Gasteiger partial charge is 0.306 e. The van der Waals surface area contributed by atoms with Gasteiger partial charge in [-0.15, -0.1) is 0 Å². The minimum atomic E-state index is 0.0276. The molecular formula is C8H15N3O2S. The van der Waals surface area contributed by atoms with Crippen LogP contribution in [0.5, 0.6) is 0 Å². The Balaban J connectivity index is 2.37. The summed E-state index contributed by atoms with van der Waals surface area (Å²) in [5, 5.41) is 8.87. The van der Waals surface area contributed by atoms with Gasteiger partial charge in [0.2, 0.25) is 0 Å². The van der Waals surface area contributed by atoms with Crippen LogP contribution in [0, 0.1) is 11.3 Å². The van der Waals surface area contributed by atoms with Crippen LogP contribution in [0.4, 0.5) is 0 Å². The molecule has 2 atom stereocenters. The molecule has 0 saturated carbocycles. The fraction of sp³-hybridized carbons (Fsp3) is 0.875. The van der Waals surface area contributed by atoms with E-state index in [1.807, 2.05) is 6.92 Å². The molecule has 1 saturated heterocycles. The van der Waals surface area contributed by atoms with Crippen molar-refractivity contribution in [2.75, 3.05) is 13.1 Å². The standard InChI is InChI=1S/C8H15N3O2S/c1-2-11-6-7(10-13-14-12)3-4-8(11)5-9/h7-8,10,12H,2-4,6H2,1H3/t7?,8-/m0/s1. The molecule has 6 heteroatoms. The third-order valence-electron chi connectivity index (χ3n) is 2.49. The summed E-state index contributed by atoms with van der Waals surface area (Å²) >= 11 is 0.316. The second-order valence-electron chi connectivity index (χ2n) is 3.28. The number of likely N-dealkylation sites (N-methyl/N-ethyl adjacent to an activating group) is 1. The van der Waals surface area contributed by atoms with Gasteiger partial charge < -0.3 is 4.55 Å². The summed E-state index contributed by atoms with van der Waals surface area (Å²) in [6, 6.07) is 2.51. The highest BCUT2D eigenvalue weighted by Crippen LogP contribution is 2.16. The minimum Gasteiger partial charge on any atom is -0.306 e. The Hall–Kier alpha value is -0.320. The molecule has 80 valence electrons. The number of hydrogen-bond donors (Lipinski definition) is 2. The van der Waals surface area contributed by atoms with Gasteiger partial charge in [-0.25, -0.2) is 4.28 Å². The minimum absolute atomic E-state index is 0.0276. The maximum atomic E-state index is 8.87. The number of hydroxylamine groups is 1. The van der Waals surface area contributed by atoms with Crippen molar-refractivity contribution < 1.29 is 8.84 Å². The van der Waals surface area contributed by atoms with E-state index in [9.17, 15) is 0 Å². The summed E-state index contributed by atoms with van der Waals surface area (Å²) in [6.45, 7) is 3.69. The molecule has 0 bridgehead atoms. The molecule has 1 aliphatic rings. The molecule has 1 heterocycles. The average Bonchev–Trinajstić information content (AvgIpc) is 2.25. The van der Waals surface area contributed by atoms with Gasteiger partial charge in [0.15, 0.2) is 12.3 Å². The number of likely N-dealkylation sites (tertiary alicyclic amines) is 1. The van der Waals surface area contributed by atoms with Gasteiger partial charge in [0.1, 0.15) is 0 Å². The molecule has 14 heavy (non-hydrogen) atoms. The van der Waals surface area contributed by atoms with Gasteiger partial charge in [-0.3, -0.25) is 4.90 Å². The van der Waals surface area contributed by atoms with Gasteiger partial charge in [0.05, 0.1) is 12.1 Å². The molecule has 2 N–H and O–H groups in total. The first-order valence-corrected chi connectivity index (χ1v) is 5.38. The molecule has 0 aromatic heterocycles.